The minimum atomic E-state index is -0.0333. The molecule has 0 unspecified atom stereocenters. The summed E-state index contributed by atoms with van der Waals surface area (Å²) in [6, 6.07) is 11.1. The van der Waals surface area contributed by atoms with Crippen molar-refractivity contribution in [2.45, 2.75) is 84.5 Å². The van der Waals surface area contributed by atoms with Gasteiger partial charge in [0.25, 0.3) is 0 Å². The number of hydrogen-bond acceptors (Lipinski definition) is 4. The Labute approximate surface area is 230 Å². The molecule has 8 nitrogen and oxygen atoms in total. The second-order valence-corrected chi connectivity index (χ2v) is 10.8. The summed E-state index contributed by atoms with van der Waals surface area (Å²) in [6.45, 7) is 3.80. The van der Waals surface area contributed by atoms with Crippen LogP contribution in [-0.2, 0) is 19.2 Å². The lowest BCUT2D eigenvalue weighted by Gasteiger charge is -2.13. The van der Waals surface area contributed by atoms with Crippen molar-refractivity contribution in [2.24, 2.45) is 11.8 Å². The third kappa shape index (κ3) is 8.67. The van der Waals surface area contributed by atoms with E-state index >= 15 is 0 Å². The van der Waals surface area contributed by atoms with Gasteiger partial charge in [0.15, 0.2) is 0 Å². The first-order chi connectivity index (χ1) is 18.8. The van der Waals surface area contributed by atoms with E-state index in [0.717, 1.165) is 91.7 Å². The number of amides is 4. The lowest BCUT2D eigenvalue weighted by Crippen LogP contribution is -2.16. The van der Waals surface area contributed by atoms with E-state index in [-0.39, 0.29) is 35.5 Å². The smallest absolute Gasteiger partial charge is 0.227 e. The molecule has 2 aromatic rings. The average molecular weight is 533 g/mol. The Morgan fingerprint density at radius 1 is 0.564 bits per heavy atom. The molecule has 39 heavy (non-hydrogen) atoms. The number of nitrogens with one attached hydrogen (secondary N) is 4. The molecule has 4 N–H and O–H groups in total. The first kappa shape index (κ1) is 28.3. The zero-order valence-corrected chi connectivity index (χ0v) is 23.0. The van der Waals surface area contributed by atoms with Gasteiger partial charge in [0, 0.05) is 47.4 Å². The molecule has 4 amide bonds. The van der Waals surface area contributed by atoms with E-state index in [1.807, 2.05) is 50.2 Å². The van der Waals surface area contributed by atoms with Crippen molar-refractivity contribution in [1.29, 1.82) is 0 Å². The predicted molar refractivity (Wildman–Crippen MR) is 155 cm³/mol. The highest BCUT2D eigenvalue weighted by molar-refractivity contribution is 5.98. The fraction of sp³-hybridized carbons (Fsp3) is 0.484. The largest absolute Gasteiger partial charge is 0.326 e. The number of benzene rings is 2. The fourth-order valence-electron chi connectivity index (χ4n) is 4.50. The van der Waals surface area contributed by atoms with Gasteiger partial charge in [0.2, 0.25) is 23.6 Å². The second kappa shape index (κ2) is 13.4. The third-order valence-electron chi connectivity index (χ3n) is 7.44. The van der Waals surface area contributed by atoms with Crippen molar-refractivity contribution in [2.75, 3.05) is 21.3 Å². The fourth-order valence-corrected chi connectivity index (χ4v) is 4.50. The molecule has 2 saturated carbocycles. The maximum atomic E-state index is 12.4. The highest BCUT2D eigenvalue weighted by Crippen LogP contribution is 2.33. The molecule has 2 aliphatic carbocycles. The standard InChI is InChI=1S/C31H40N4O4/c1-20-24(10-8-12-26(20)34-30(38)22-16-17-22)32-28(36)14-6-4-3-5-7-15-29(37)33-25-11-9-13-27(21(25)2)35-31(39)23-18-19-23/h8-13,22-23H,3-7,14-19H2,1-2H3,(H,32,36)(H,33,37)(H,34,38)(H,35,39). The lowest BCUT2D eigenvalue weighted by atomic mass is 10.1. The molecule has 2 aromatic carbocycles. The molecule has 4 rings (SSSR count). The molecule has 2 fully saturated rings. The quantitative estimate of drug-likeness (QED) is 0.213. The normalized spacial score (nSPS) is 14.4. The molecule has 0 aliphatic heterocycles. The monoisotopic (exact) mass is 532 g/mol. The van der Waals surface area contributed by atoms with Gasteiger partial charge in [-0.05, 0) is 87.8 Å². The number of unbranched alkanes of at least 4 members (excludes halogenated alkanes) is 4. The van der Waals surface area contributed by atoms with E-state index in [0.29, 0.717) is 12.8 Å². The molecule has 0 radical (unpaired) electrons. The van der Waals surface area contributed by atoms with E-state index in [9.17, 15) is 19.2 Å². The first-order valence-electron chi connectivity index (χ1n) is 14.2. The van der Waals surface area contributed by atoms with Crippen molar-refractivity contribution in [1.82, 2.24) is 0 Å². The lowest BCUT2D eigenvalue weighted by molar-refractivity contribution is -0.118. The topological polar surface area (TPSA) is 116 Å². The summed E-state index contributed by atoms with van der Waals surface area (Å²) in [6.07, 6.45) is 9.05. The van der Waals surface area contributed by atoms with Crippen LogP contribution in [0.15, 0.2) is 36.4 Å². The van der Waals surface area contributed by atoms with Crippen LogP contribution in [0.25, 0.3) is 0 Å². The number of rotatable bonds is 14. The van der Waals surface area contributed by atoms with Gasteiger partial charge in [0.1, 0.15) is 0 Å². The Morgan fingerprint density at radius 2 is 0.897 bits per heavy atom. The van der Waals surface area contributed by atoms with Gasteiger partial charge in [-0.1, -0.05) is 31.4 Å². The minimum absolute atomic E-state index is 0.0333. The van der Waals surface area contributed by atoms with Crippen LogP contribution < -0.4 is 21.3 Å². The van der Waals surface area contributed by atoms with Crippen LogP contribution in [0.4, 0.5) is 22.7 Å². The van der Waals surface area contributed by atoms with E-state index < -0.39 is 0 Å². The summed E-state index contributed by atoms with van der Waals surface area (Å²) in [5, 5.41) is 11.9. The number of carbonyl (C=O) groups is 4. The van der Waals surface area contributed by atoms with Crippen LogP contribution in [-0.4, -0.2) is 23.6 Å². The molecule has 0 heterocycles. The van der Waals surface area contributed by atoms with E-state index in [2.05, 4.69) is 21.3 Å². The van der Waals surface area contributed by atoms with Crippen LogP contribution >= 0.6 is 0 Å². The summed E-state index contributed by atoms with van der Waals surface area (Å²) < 4.78 is 0. The zero-order chi connectivity index (χ0) is 27.8. The van der Waals surface area contributed by atoms with Crippen LogP contribution in [0, 0.1) is 25.7 Å². The molecule has 0 aromatic heterocycles. The molecular formula is C31H40N4O4. The van der Waals surface area contributed by atoms with Gasteiger partial charge in [-0.3, -0.25) is 19.2 Å². The summed E-state index contributed by atoms with van der Waals surface area (Å²) in [4.78, 5) is 49.0. The van der Waals surface area contributed by atoms with E-state index in [4.69, 9.17) is 0 Å². The zero-order valence-electron chi connectivity index (χ0n) is 23.0. The van der Waals surface area contributed by atoms with Crippen molar-refractivity contribution in [3.05, 3.63) is 47.5 Å². The molecule has 208 valence electrons. The van der Waals surface area contributed by atoms with E-state index in [1.54, 1.807) is 0 Å². The van der Waals surface area contributed by atoms with Crippen LogP contribution in [0.1, 0.15) is 81.8 Å². The molecule has 0 atom stereocenters. The molecular weight excluding hydrogens is 492 g/mol. The molecule has 0 bridgehead atoms. The van der Waals surface area contributed by atoms with Gasteiger partial charge in [-0.15, -0.1) is 0 Å². The predicted octanol–water partition coefficient (Wildman–Crippen LogP) is 6.31. The highest BCUT2D eigenvalue weighted by atomic mass is 16.2. The SMILES string of the molecule is Cc1c(NC(=O)CCCCCCCC(=O)Nc2cccc(NC(=O)C3CC3)c2C)cccc1NC(=O)C1CC1. The summed E-state index contributed by atoms with van der Waals surface area (Å²) in [7, 11) is 0. The highest BCUT2D eigenvalue weighted by Gasteiger charge is 2.30. The third-order valence-corrected chi connectivity index (χ3v) is 7.44. The molecule has 8 heteroatoms. The molecule has 2 aliphatic rings. The number of hydrogen-bond donors (Lipinski definition) is 4. The maximum absolute atomic E-state index is 12.4. The van der Waals surface area contributed by atoms with E-state index in [1.165, 1.54) is 0 Å². The van der Waals surface area contributed by atoms with Crippen molar-refractivity contribution >= 4 is 46.4 Å². The summed E-state index contributed by atoms with van der Waals surface area (Å²) in [5.74, 6) is 0.300. The van der Waals surface area contributed by atoms with Crippen molar-refractivity contribution in [3.63, 3.8) is 0 Å². The van der Waals surface area contributed by atoms with Gasteiger partial charge in [-0.25, -0.2) is 0 Å². The van der Waals surface area contributed by atoms with Crippen molar-refractivity contribution < 1.29 is 19.2 Å². The minimum Gasteiger partial charge on any atom is -0.326 e. The Morgan fingerprint density at radius 3 is 1.26 bits per heavy atom. The average Bonchev–Trinajstić information content (AvgIpc) is 3.81. The van der Waals surface area contributed by atoms with Gasteiger partial charge >= 0.3 is 0 Å². The van der Waals surface area contributed by atoms with Gasteiger partial charge in [0.05, 0.1) is 0 Å². The number of anilines is 4. The number of carbonyl (C=O) groups excluding carboxylic acids is 4. The Kier molecular flexibility index (Phi) is 9.74. The van der Waals surface area contributed by atoms with Crippen molar-refractivity contribution in [3.8, 4) is 0 Å². The summed E-state index contributed by atoms with van der Waals surface area (Å²) >= 11 is 0. The molecule has 0 spiro atoms. The van der Waals surface area contributed by atoms with Gasteiger partial charge < -0.3 is 21.3 Å². The van der Waals surface area contributed by atoms with Crippen LogP contribution in [0.5, 0.6) is 0 Å². The second-order valence-electron chi connectivity index (χ2n) is 10.8. The van der Waals surface area contributed by atoms with Gasteiger partial charge in [-0.2, -0.15) is 0 Å². The Balaban J connectivity index is 1.09. The molecule has 0 saturated heterocycles. The summed E-state index contributed by atoms with van der Waals surface area (Å²) in [5.41, 5.74) is 4.68. The maximum Gasteiger partial charge on any atom is 0.227 e. The Bertz CT molecular complexity index is 1120. The Hall–Kier alpha value is -3.68. The van der Waals surface area contributed by atoms with Crippen LogP contribution in [0.2, 0.25) is 0 Å². The van der Waals surface area contributed by atoms with Crippen LogP contribution in [0.3, 0.4) is 0 Å². The first-order valence-corrected chi connectivity index (χ1v) is 14.2.